The van der Waals surface area contributed by atoms with E-state index >= 15 is 0 Å². The van der Waals surface area contributed by atoms with Crippen LogP contribution in [0, 0.1) is 0 Å². The minimum Gasteiger partial charge on any atom is -0.464 e. The van der Waals surface area contributed by atoms with Crippen LogP contribution >= 0.6 is 0 Å². The lowest BCUT2D eigenvalue weighted by molar-refractivity contribution is -0.118. The van der Waals surface area contributed by atoms with Crippen molar-refractivity contribution in [2.24, 2.45) is 5.73 Å². The quantitative estimate of drug-likeness (QED) is 0.662. The molecule has 0 aromatic carbocycles. The minimum atomic E-state index is -0.497. The van der Waals surface area contributed by atoms with Crippen LogP contribution in [0.4, 0.5) is 0 Å². The monoisotopic (exact) mass is 197 g/mol. The van der Waals surface area contributed by atoms with Gasteiger partial charge in [-0.25, -0.2) is 9.78 Å². The molecule has 0 spiro atoms. The Kier molecular flexibility index (Phi) is 3.22. The normalized spacial score (nSPS) is 9.79. The first-order chi connectivity index (χ1) is 6.63. The highest BCUT2D eigenvalue weighted by Crippen LogP contribution is 1.99. The second-order valence-corrected chi connectivity index (χ2v) is 2.70. The molecule has 1 rings (SSSR count). The zero-order valence-electron chi connectivity index (χ0n) is 7.77. The Morgan fingerprint density at radius 1 is 1.64 bits per heavy atom. The topological polar surface area (TPSA) is 87.2 Å². The summed E-state index contributed by atoms with van der Waals surface area (Å²) in [4.78, 5) is 25.2. The van der Waals surface area contributed by atoms with E-state index in [1.807, 2.05) is 0 Å². The number of carbonyl (C=O) groups is 2. The van der Waals surface area contributed by atoms with Crippen LogP contribution in [0.2, 0.25) is 0 Å². The van der Waals surface area contributed by atoms with Crippen molar-refractivity contribution in [1.82, 2.24) is 9.55 Å². The van der Waals surface area contributed by atoms with Gasteiger partial charge in [-0.3, -0.25) is 4.79 Å². The van der Waals surface area contributed by atoms with Crippen LogP contribution in [0.1, 0.15) is 16.9 Å². The molecule has 0 atom stereocenters. The van der Waals surface area contributed by atoms with Gasteiger partial charge >= 0.3 is 5.97 Å². The van der Waals surface area contributed by atoms with Gasteiger partial charge in [0.2, 0.25) is 5.91 Å². The first-order valence-corrected chi connectivity index (χ1v) is 4.02. The van der Waals surface area contributed by atoms with E-state index in [1.165, 1.54) is 19.6 Å². The van der Waals surface area contributed by atoms with E-state index in [0.717, 1.165) is 0 Å². The number of hydrogen-bond donors (Lipinski definition) is 1. The van der Waals surface area contributed by atoms with E-state index in [0.29, 0.717) is 6.54 Å². The zero-order valence-corrected chi connectivity index (χ0v) is 7.77. The fourth-order valence-electron chi connectivity index (χ4n) is 0.932. The first kappa shape index (κ1) is 10.2. The molecular formula is C8H11N3O3. The molecule has 14 heavy (non-hydrogen) atoms. The van der Waals surface area contributed by atoms with Crippen LogP contribution in [0.25, 0.3) is 0 Å². The number of primary amides is 1. The zero-order chi connectivity index (χ0) is 10.6. The predicted octanol–water partition coefficient (Wildman–Crippen LogP) is -0.455. The van der Waals surface area contributed by atoms with Gasteiger partial charge in [0, 0.05) is 19.2 Å². The summed E-state index contributed by atoms with van der Waals surface area (Å²) in [7, 11) is 1.28. The molecular weight excluding hydrogens is 186 g/mol. The van der Waals surface area contributed by atoms with Crippen molar-refractivity contribution >= 4 is 11.9 Å². The number of imidazole rings is 1. The van der Waals surface area contributed by atoms with Gasteiger partial charge in [-0.2, -0.15) is 0 Å². The minimum absolute atomic E-state index is 0.219. The summed E-state index contributed by atoms with van der Waals surface area (Å²) in [6.07, 6.45) is 3.18. The van der Waals surface area contributed by atoms with E-state index in [9.17, 15) is 9.59 Å². The van der Waals surface area contributed by atoms with E-state index < -0.39 is 11.9 Å². The van der Waals surface area contributed by atoms with Gasteiger partial charge in [-0.05, 0) is 0 Å². The number of hydrogen-bond acceptors (Lipinski definition) is 4. The van der Waals surface area contributed by atoms with Crippen molar-refractivity contribution in [2.75, 3.05) is 7.11 Å². The third-order valence-corrected chi connectivity index (χ3v) is 1.64. The van der Waals surface area contributed by atoms with Gasteiger partial charge < -0.3 is 15.0 Å². The van der Waals surface area contributed by atoms with Gasteiger partial charge in [-0.15, -0.1) is 0 Å². The SMILES string of the molecule is COC(=O)c1cn(CCC(N)=O)cn1. The second kappa shape index (κ2) is 4.40. The van der Waals surface area contributed by atoms with Crippen molar-refractivity contribution < 1.29 is 14.3 Å². The molecule has 0 radical (unpaired) electrons. The van der Waals surface area contributed by atoms with Gasteiger partial charge in [0.25, 0.3) is 0 Å². The Labute approximate surface area is 80.7 Å². The molecule has 0 fully saturated rings. The summed E-state index contributed by atoms with van der Waals surface area (Å²) in [6, 6.07) is 0. The lowest BCUT2D eigenvalue weighted by Crippen LogP contribution is -2.13. The van der Waals surface area contributed by atoms with E-state index in [4.69, 9.17) is 5.73 Å². The van der Waals surface area contributed by atoms with Gasteiger partial charge in [-0.1, -0.05) is 0 Å². The maximum atomic E-state index is 11.0. The number of nitrogens with two attached hydrogens (primary N) is 1. The van der Waals surface area contributed by atoms with Crippen LogP contribution in [-0.2, 0) is 16.1 Å². The molecule has 1 amide bonds. The van der Waals surface area contributed by atoms with Crippen LogP contribution in [0.15, 0.2) is 12.5 Å². The van der Waals surface area contributed by atoms with E-state index in [1.54, 1.807) is 4.57 Å². The van der Waals surface area contributed by atoms with Crippen LogP contribution in [-0.4, -0.2) is 28.5 Å². The van der Waals surface area contributed by atoms with Crippen molar-refractivity contribution in [2.45, 2.75) is 13.0 Å². The number of carbonyl (C=O) groups excluding carboxylic acids is 2. The number of ether oxygens (including phenoxy) is 1. The maximum Gasteiger partial charge on any atom is 0.358 e. The lowest BCUT2D eigenvalue weighted by atomic mass is 10.4. The van der Waals surface area contributed by atoms with E-state index in [2.05, 4.69) is 9.72 Å². The molecule has 6 heteroatoms. The number of methoxy groups -OCH3 is 1. The maximum absolute atomic E-state index is 11.0. The Morgan fingerprint density at radius 3 is 2.93 bits per heavy atom. The Balaban J connectivity index is 2.59. The van der Waals surface area contributed by atoms with Gasteiger partial charge in [0.15, 0.2) is 5.69 Å². The summed E-state index contributed by atoms with van der Waals surface area (Å²) in [5.74, 6) is -0.888. The van der Waals surface area contributed by atoms with Crippen molar-refractivity contribution in [3.8, 4) is 0 Å². The number of amides is 1. The van der Waals surface area contributed by atoms with Gasteiger partial charge in [0.1, 0.15) is 0 Å². The molecule has 1 aromatic heterocycles. The molecule has 0 bridgehead atoms. The summed E-state index contributed by atoms with van der Waals surface area (Å²) in [5.41, 5.74) is 5.19. The summed E-state index contributed by atoms with van der Waals surface area (Å²) in [6.45, 7) is 0.416. The highest BCUT2D eigenvalue weighted by atomic mass is 16.5. The van der Waals surface area contributed by atoms with E-state index in [-0.39, 0.29) is 12.1 Å². The number of aryl methyl sites for hydroxylation is 1. The number of aromatic nitrogens is 2. The fourth-order valence-corrected chi connectivity index (χ4v) is 0.932. The predicted molar refractivity (Wildman–Crippen MR) is 47.4 cm³/mol. The average molecular weight is 197 g/mol. The molecule has 0 saturated carbocycles. The Bertz CT molecular complexity index is 345. The van der Waals surface area contributed by atoms with Crippen LogP contribution in [0.3, 0.4) is 0 Å². The Hall–Kier alpha value is -1.85. The third kappa shape index (κ3) is 2.58. The average Bonchev–Trinajstić information content (AvgIpc) is 2.62. The molecule has 0 saturated heterocycles. The standard InChI is InChI=1S/C8H11N3O3/c1-14-8(13)6-4-11(5-10-6)3-2-7(9)12/h4-5H,2-3H2,1H3,(H2,9,12). The van der Waals surface area contributed by atoms with Crippen molar-refractivity contribution in [1.29, 1.82) is 0 Å². The smallest absolute Gasteiger partial charge is 0.358 e. The summed E-state index contributed by atoms with van der Waals surface area (Å²) in [5, 5.41) is 0. The van der Waals surface area contributed by atoms with Crippen molar-refractivity contribution in [3.05, 3.63) is 18.2 Å². The van der Waals surface area contributed by atoms with Gasteiger partial charge in [0.05, 0.1) is 13.4 Å². The highest BCUT2D eigenvalue weighted by molar-refractivity contribution is 5.86. The number of rotatable bonds is 4. The first-order valence-electron chi connectivity index (χ1n) is 4.02. The molecule has 0 aliphatic carbocycles. The molecule has 1 aromatic rings. The third-order valence-electron chi connectivity index (χ3n) is 1.64. The molecule has 0 unspecified atom stereocenters. The van der Waals surface area contributed by atoms with Crippen molar-refractivity contribution in [3.63, 3.8) is 0 Å². The summed E-state index contributed by atoms with van der Waals surface area (Å²) < 4.78 is 6.08. The molecule has 76 valence electrons. The Morgan fingerprint density at radius 2 is 2.36 bits per heavy atom. The number of nitrogens with zero attached hydrogens (tertiary/aromatic N) is 2. The molecule has 6 nitrogen and oxygen atoms in total. The lowest BCUT2D eigenvalue weighted by Gasteiger charge is -1.97. The van der Waals surface area contributed by atoms with Crippen LogP contribution in [0.5, 0.6) is 0 Å². The molecule has 1 heterocycles. The molecule has 2 N–H and O–H groups in total. The molecule has 0 aliphatic heterocycles. The largest absolute Gasteiger partial charge is 0.464 e. The second-order valence-electron chi connectivity index (χ2n) is 2.70. The summed E-state index contributed by atoms with van der Waals surface area (Å²) >= 11 is 0. The molecule has 0 aliphatic rings. The highest BCUT2D eigenvalue weighted by Gasteiger charge is 2.08. The number of esters is 1. The van der Waals surface area contributed by atoms with Crippen LogP contribution < -0.4 is 5.73 Å². The fraction of sp³-hybridized carbons (Fsp3) is 0.375.